The Bertz CT molecular complexity index is 628. The Labute approximate surface area is 149 Å². The molecular formula is C18H29N5O2. The van der Waals surface area contributed by atoms with Gasteiger partial charge in [-0.15, -0.1) is 0 Å². The summed E-state index contributed by atoms with van der Waals surface area (Å²) in [6.45, 7) is 6.40. The van der Waals surface area contributed by atoms with Gasteiger partial charge in [0, 0.05) is 39.7 Å². The van der Waals surface area contributed by atoms with E-state index >= 15 is 0 Å². The van der Waals surface area contributed by atoms with E-state index in [-0.39, 0.29) is 11.9 Å². The van der Waals surface area contributed by atoms with Crippen LogP contribution >= 0.6 is 0 Å². The first-order valence-corrected chi connectivity index (χ1v) is 9.15. The smallest absolute Gasteiger partial charge is 0.219 e. The fourth-order valence-electron chi connectivity index (χ4n) is 4.01. The first-order chi connectivity index (χ1) is 11.9. The zero-order valence-electron chi connectivity index (χ0n) is 15.5. The number of hydrogen-bond acceptors (Lipinski definition) is 6. The van der Waals surface area contributed by atoms with Crippen LogP contribution in [0.5, 0.6) is 0 Å². The largest absolute Gasteiger partial charge is 0.388 e. The van der Waals surface area contributed by atoms with Gasteiger partial charge in [0.05, 0.1) is 17.3 Å². The second-order valence-electron chi connectivity index (χ2n) is 7.33. The summed E-state index contributed by atoms with van der Waals surface area (Å²) in [6.07, 6.45) is 3.44. The lowest BCUT2D eigenvalue weighted by Gasteiger charge is -2.41. The SMILES string of the molecule is CNc1cc([C@H]2CCCN2CC2(O)CCN(C(C)=O)CC2)nc(C)n1. The minimum atomic E-state index is -0.720. The molecule has 0 aliphatic carbocycles. The van der Waals surface area contributed by atoms with Gasteiger partial charge >= 0.3 is 0 Å². The zero-order valence-corrected chi connectivity index (χ0v) is 15.5. The van der Waals surface area contributed by atoms with Gasteiger partial charge in [-0.1, -0.05) is 0 Å². The van der Waals surface area contributed by atoms with Gasteiger partial charge in [-0.3, -0.25) is 9.69 Å². The number of aryl methyl sites for hydroxylation is 1. The summed E-state index contributed by atoms with van der Waals surface area (Å²) in [5.74, 6) is 1.70. The van der Waals surface area contributed by atoms with Gasteiger partial charge < -0.3 is 15.3 Å². The van der Waals surface area contributed by atoms with Crippen LogP contribution in [0.1, 0.15) is 50.2 Å². The molecule has 1 aromatic heterocycles. The van der Waals surface area contributed by atoms with E-state index in [1.807, 2.05) is 24.9 Å². The summed E-state index contributed by atoms with van der Waals surface area (Å²) in [4.78, 5) is 24.7. The molecule has 138 valence electrons. The molecule has 3 rings (SSSR count). The fraction of sp³-hybridized carbons (Fsp3) is 0.722. The molecule has 2 aliphatic rings. The maximum Gasteiger partial charge on any atom is 0.219 e. The van der Waals surface area contributed by atoms with E-state index < -0.39 is 5.60 Å². The van der Waals surface area contributed by atoms with E-state index in [1.54, 1.807) is 6.92 Å². The van der Waals surface area contributed by atoms with Gasteiger partial charge in [-0.2, -0.15) is 0 Å². The number of aliphatic hydroxyl groups is 1. The van der Waals surface area contributed by atoms with E-state index in [1.165, 1.54) is 0 Å². The van der Waals surface area contributed by atoms with E-state index in [0.29, 0.717) is 32.5 Å². The van der Waals surface area contributed by atoms with Crippen molar-refractivity contribution in [2.24, 2.45) is 0 Å². The molecular weight excluding hydrogens is 318 g/mol. The summed E-state index contributed by atoms with van der Waals surface area (Å²) >= 11 is 0. The Morgan fingerprint density at radius 1 is 1.36 bits per heavy atom. The van der Waals surface area contributed by atoms with Gasteiger partial charge in [0.25, 0.3) is 0 Å². The van der Waals surface area contributed by atoms with Crippen LogP contribution in [0.2, 0.25) is 0 Å². The summed E-state index contributed by atoms with van der Waals surface area (Å²) in [5, 5.41) is 14.1. The molecule has 3 heterocycles. The van der Waals surface area contributed by atoms with Crippen molar-refractivity contribution < 1.29 is 9.90 Å². The molecule has 0 radical (unpaired) electrons. The number of carbonyl (C=O) groups is 1. The lowest BCUT2D eigenvalue weighted by molar-refractivity contribution is -0.133. The van der Waals surface area contributed by atoms with Crippen molar-refractivity contribution >= 4 is 11.7 Å². The molecule has 0 unspecified atom stereocenters. The summed E-state index contributed by atoms with van der Waals surface area (Å²) in [6, 6.07) is 2.24. The molecule has 25 heavy (non-hydrogen) atoms. The maximum absolute atomic E-state index is 11.5. The van der Waals surface area contributed by atoms with Crippen LogP contribution < -0.4 is 5.32 Å². The Kier molecular flexibility index (Phi) is 5.24. The quantitative estimate of drug-likeness (QED) is 0.855. The molecule has 2 N–H and O–H groups in total. The highest BCUT2D eigenvalue weighted by Gasteiger charge is 2.38. The minimum absolute atomic E-state index is 0.0946. The lowest BCUT2D eigenvalue weighted by Crippen LogP contribution is -2.51. The number of carbonyl (C=O) groups excluding carboxylic acids is 1. The molecule has 2 saturated heterocycles. The number of nitrogens with zero attached hydrogens (tertiary/aromatic N) is 4. The summed E-state index contributed by atoms with van der Waals surface area (Å²) in [7, 11) is 1.86. The van der Waals surface area contributed by atoms with Gasteiger partial charge in [-0.05, 0) is 39.2 Å². The molecule has 0 saturated carbocycles. The van der Waals surface area contributed by atoms with Crippen LogP contribution in [-0.4, -0.2) is 69.6 Å². The number of amides is 1. The number of piperidine rings is 1. The summed E-state index contributed by atoms with van der Waals surface area (Å²) < 4.78 is 0. The van der Waals surface area contributed by atoms with Crippen LogP contribution in [0, 0.1) is 6.92 Å². The van der Waals surface area contributed by atoms with Crippen molar-refractivity contribution in [1.29, 1.82) is 0 Å². The van der Waals surface area contributed by atoms with Gasteiger partial charge in [0.1, 0.15) is 11.6 Å². The Morgan fingerprint density at radius 3 is 2.72 bits per heavy atom. The van der Waals surface area contributed by atoms with E-state index in [0.717, 1.165) is 36.7 Å². The predicted octanol–water partition coefficient (Wildman–Crippen LogP) is 1.34. The monoisotopic (exact) mass is 347 g/mol. The van der Waals surface area contributed by atoms with Crippen LogP contribution in [0.3, 0.4) is 0 Å². The lowest BCUT2D eigenvalue weighted by atomic mass is 9.90. The van der Waals surface area contributed by atoms with E-state index in [9.17, 15) is 9.90 Å². The third-order valence-corrected chi connectivity index (χ3v) is 5.46. The van der Waals surface area contributed by atoms with Gasteiger partial charge in [0.2, 0.25) is 5.91 Å². The van der Waals surface area contributed by atoms with Gasteiger partial charge in [0.15, 0.2) is 0 Å². The number of β-amino-alcohol motifs (C(OH)–C–C–N with tert-alkyl or cyclic N) is 1. The van der Waals surface area contributed by atoms with Crippen molar-refractivity contribution in [3.63, 3.8) is 0 Å². The second kappa shape index (κ2) is 7.25. The molecule has 0 aromatic carbocycles. The van der Waals surface area contributed by atoms with E-state index in [2.05, 4.69) is 20.2 Å². The number of hydrogen-bond donors (Lipinski definition) is 2. The van der Waals surface area contributed by atoms with Crippen molar-refractivity contribution in [3.05, 3.63) is 17.6 Å². The second-order valence-corrected chi connectivity index (χ2v) is 7.33. The number of nitrogens with one attached hydrogen (secondary N) is 1. The van der Waals surface area contributed by atoms with Crippen LogP contribution in [-0.2, 0) is 4.79 Å². The number of anilines is 1. The first-order valence-electron chi connectivity index (χ1n) is 9.15. The molecule has 7 nitrogen and oxygen atoms in total. The first kappa shape index (κ1) is 18.1. The fourth-order valence-corrected chi connectivity index (χ4v) is 4.01. The molecule has 7 heteroatoms. The van der Waals surface area contributed by atoms with Crippen molar-refractivity contribution in [2.45, 2.75) is 51.2 Å². The molecule has 2 aliphatic heterocycles. The molecule has 2 fully saturated rings. The van der Waals surface area contributed by atoms with Gasteiger partial charge in [-0.25, -0.2) is 9.97 Å². The molecule has 1 aromatic rings. The average Bonchev–Trinajstić information content (AvgIpc) is 3.02. The van der Waals surface area contributed by atoms with Crippen molar-refractivity contribution in [2.75, 3.05) is 38.5 Å². The van der Waals surface area contributed by atoms with Crippen molar-refractivity contribution in [3.8, 4) is 0 Å². The minimum Gasteiger partial charge on any atom is -0.388 e. The highest BCUT2D eigenvalue weighted by molar-refractivity contribution is 5.73. The highest BCUT2D eigenvalue weighted by Crippen LogP contribution is 2.35. The molecule has 0 bridgehead atoms. The average molecular weight is 347 g/mol. The highest BCUT2D eigenvalue weighted by atomic mass is 16.3. The number of likely N-dealkylation sites (tertiary alicyclic amines) is 2. The third kappa shape index (κ3) is 4.10. The van der Waals surface area contributed by atoms with Crippen LogP contribution in [0.4, 0.5) is 5.82 Å². The molecule has 1 atom stereocenters. The predicted molar refractivity (Wildman–Crippen MR) is 96.3 cm³/mol. The van der Waals surface area contributed by atoms with Crippen LogP contribution in [0.15, 0.2) is 6.07 Å². The Hall–Kier alpha value is -1.73. The molecule has 1 amide bonds. The number of aromatic nitrogens is 2. The Morgan fingerprint density at radius 2 is 2.08 bits per heavy atom. The van der Waals surface area contributed by atoms with Crippen LogP contribution in [0.25, 0.3) is 0 Å². The van der Waals surface area contributed by atoms with Crippen molar-refractivity contribution in [1.82, 2.24) is 19.8 Å². The topological polar surface area (TPSA) is 81.6 Å². The standard InChI is InChI=1S/C18H29N5O2/c1-13-20-15(11-17(19-3)21-13)16-5-4-8-23(16)12-18(25)6-9-22(10-7-18)14(2)24/h11,16,25H,4-10,12H2,1-3H3,(H,19,20,21)/t16-/m1/s1. The Balaban J connectivity index is 1.70. The molecule has 0 spiro atoms. The normalized spacial score (nSPS) is 23.7. The maximum atomic E-state index is 11.5. The summed E-state index contributed by atoms with van der Waals surface area (Å²) in [5.41, 5.74) is 0.307. The van der Waals surface area contributed by atoms with E-state index in [4.69, 9.17) is 0 Å². The zero-order chi connectivity index (χ0) is 18.0. The number of rotatable bonds is 4. The third-order valence-electron chi connectivity index (χ3n) is 5.46.